The summed E-state index contributed by atoms with van der Waals surface area (Å²) in [4.78, 5) is 32.3. The number of hydrogen-bond donors (Lipinski definition) is 1. The summed E-state index contributed by atoms with van der Waals surface area (Å²) in [5.74, 6) is -4.05. The van der Waals surface area contributed by atoms with Gasteiger partial charge in [0.1, 0.15) is 16.5 Å². The number of aromatic nitrogens is 1. The summed E-state index contributed by atoms with van der Waals surface area (Å²) in [6.07, 6.45) is -0.357. The molecule has 1 amide bonds. The molecule has 1 fully saturated rings. The third kappa shape index (κ3) is 4.95. The zero-order chi connectivity index (χ0) is 23.8. The van der Waals surface area contributed by atoms with Gasteiger partial charge in [0.05, 0.1) is 23.9 Å². The number of hydrogen-bond acceptors (Lipinski definition) is 6. The molecule has 0 unspecified atom stereocenters. The molecule has 1 aliphatic heterocycles. The van der Waals surface area contributed by atoms with Crippen molar-refractivity contribution < 1.29 is 27.5 Å². The third-order valence-corrected chi connectivity index (χ3v) is 6.60. The van der Waals surface area contributed by atoms with E-state index in [1.807, 2.05) is 0 Å². The number of carbonyl (C=O) groups excluding carboxylic acids is 2. The van der Waals surface area contributed by atoms with Gasteiger partial charge in [-0.15, -0.1) is 11.3 Å². The molecule has 0 spiro atoms. The van der Waals surface area contributed by atoms with Crippen LogP contribution in [0.5, 0.6) is 0 Å². The van der Waals surface area contributed by atoms with Crippen LogP contribution in [0.1, 0.15) is 44.2 Å². The summed E-state index contributed by atoms with van der Waals surface area (Å²) in [5, 5.41) is 3.33. The largest absolute Gasteiger partial charge is 0.465 e. The highest BCUT2D eigenvalue weighted by Gasteiger charge is 2.33. The normalized spacial score (nSPS) is 15.8. The summed E-state index contributed by atoms with van der Waals surface area (Å²) >= 11 is 1.18. The second-order valence-corrected chi connectivity index (χ2v) is 9.18. The zero-order valence-electron chi connectivity index (χ0n) is 18.1. The number of aryl methyl sites for hydroxylation is 1. The maximum Gasteiger partial charge on any atom is 0.348 e. The fourth-order valence-electron chi connectivity index (χ4n) is 3.81. The number of pyridine rings is 1. The Morgan fingerprint density at radius 1 is 1.18 bits per heavy atom. The van der Waals surface area contributed by atoms with Gasteiger partial charge < -0.3 is 15.0 Å². The van der Waals surface area contributed by atoms with Crippen LogP contribution in [0.2, 0.25) is 0 Å². The van der Waals surface area contributed by atoms with Crippen LogP contribution in [0.4, 0.5) is 24.7 Å². The lowest BCUT2D eigenvalue weighted by Crippen LogP contribution is -2.29. The molecule has 1 N–H and O–H groups in total. The van der Waals surface area contributed by atoms with E-state index in [-0.39, 0.29) is 37.2 Å². The fraction of sp³-hybridized carbons (Fsp3) is 0.348. The predicted molar refractivity (Wildman–Crippen MR) is 121 cm³/mol. The van der Waals surface area contributed by atoms with Gasteiger partial charge >= 0.3 is 5.97 Å². The number of ether oxygens (including phenoxy) is 1. The summed E-state index contributed by atoms with van der Waals surface area (Å²) in [6.45, 7) is 2.07. The summed E-state index contributed by atoms with van der Waals surface area (Å²) in [6, 6.07) is 7.14. The van der Waals surface area contributed by atoms with Crippen molar-refractivity contribution >= 4 is 45.6 Å². The SMILES string of the molecule is COC(=O)c1cc(NC(=O)c2cc3ccc(F)cc3nc2N2CCCC(F)(F)CC2)c(C)s1. The van der Waals surface area contributed by atoms with E-state index in [4.69, 9.17) is 4.74 Å². The number of carbonyl (C=O) groups is 2. The first-order chi connectivity index (χ1) is 15.7. The van der Waals surface area contributed by atoms with Crippen molar-refractivity contribution in [2.45, 2.75) is 32.1 Å². The molecule has 0 bridgehead atoms. The first-order valence-electron chi connectivity index (χ1n) is 10.4. The number of thiophene rings is 1. The first-order valence-corrected chi connectivity index (χ1v) is 11.2. The van der Waals surface area contributed by atoms with Crippen LogP contribution in [0.15, 0.2) is 30.3 Å². The highest BCUT2D eigenvalue weighted by atomic mass is 32.1. The van der Waals surface area contributed by atoms with Crippen molar-refractivity contribution in [2.24, 2.45) is 0 Å². The van der Waals surface area contributed by atoms with Gasteiger partial charge in [-0.2, -0.15) is 0 Å². The topological polar surface area (TPSA) is 71.5 Å². The number of anilines is 2. The van der Waals surface area contributed by atoms with Crippen LogP contribution in [0.3, 0.4) is 0 Å². The second kappa shape index (κ2) is 9.01. The Bertz CT molecular complexity index is 1230. The molecule has 6 nitrogen and oxygen atoms in total. The molecule has 0 saturated carbocycles. The van der Waals surface area contributed by atoms with E-state index in [2.05, 4.69) is 10.3 Å². The molecule has 1 aromatic carbocycles. The van der Waals surface area contributed by atoms with Crippen LogP contribution in [0.25, 0.3) is 10.9 Å². The second-order valence-electron chi connectivity index (χ2n) is 7.92. The van der Waals surface area contributed by atoms with Crippen LogP contribution in [-0.2, 0) is 4.74 Å². The van der Waals surface area contributed by atoms with Gasteiger partial charge in [-0.3, -0.25) is 4.79 Å². The molecular formula is C23H22F3N3O3S. The van der Waals surface area contributed by atoms with Crippen molar-refractivity contribution in [1.29, 1.82) is 0 Å². The van der Waals surface area contributed by atoms with Gasteiger partial charge in [0.15, 0.2) is 0 Å². The number of halogens is 3. The van der Waals surface area contributed by atoms with Gasteiger partial charge in [-0.25, -0.2) is 22.9 Å². The Balaban J connectivity index is 1.73. The van der Waals surface area contributed by atoms with Crippen molar-refractivity contribution in [3.8, 4) is 0 Å². The average molecular weight is 478 g/mol. The number of fused-ring (bicyclic) bond motifs is 1. The molecule has 2 aromatic heterocycles. The highest BCUT2D eigenvalue weighted by Crippen LogP contribution is 2.33. The lowest BCUT2D eigenvalue weighted by molar-refractivity contribution is -0.0102. The van der Waals surface area contributed by atoms with Gasteiger partial charge in [-0.05, 0) is 37.6 Å². The molecule has 1 aliphatic rings. The molecule has 3 aromatic rings. The molecule has 1 saturated heterocycles. The molecule has 33 heavy (non-hydrogen) atoms. The maximum atomic E-state index is 13.9. The molecule has 4 rings (SSSR count). The smallest absolute Gasteiger partial charge is 0.348 e. The van der Waals surface area contributed by atoms with Gasteiger partial charge in [0.2, 0.25) is 5.92 Å². The van der Waals surface area contributed by atoms with E-state index >= 15 is 0 Å². The van der Waals surface area contributed by atoms with Gasteiger partial charge in [0, 0.05) is 42.3 Å². The van der Waals surface area contributed by atoms with Gasteiger partial charge in [-0.1, -0.05) is 0 Å². The summed E-state index contributed by atoms with van der Waals surface area (Å²) < 4.78 is 46.4. The molecule has 0 atom stereocenters. The quantitative estimate of drug-likeness (QED) is 0.509. The number of alkyl halides is 2. The average Bonchev–Trinajstić information content (AvgIpc) is 3.03. The van der Waals surface area contributed by atoms with E-state index in [1.165, 1.54) is 42.7 Å². The van der Waals surface area contributed by atoms with Crippen molar-refractivity contribution in [1.82, 2.24) is 4.98 Å². The van der Waals surface area contributed by atoms with Crippen molar-refractivity contribution in [3.05, 3.63) is 51.5 Å². The minimum Gasteiger partial charge on any atom is -0.465 e. The molecule has 0 radical (unpaired) electrons. The molecule has 0 aliphatic carbocycles. The number of esters is 1. The monoisotopic (exact) mass is 477 g/mol. The highest BCUT2D eigenvalue weighted by molar-refractivity contribution is 7.14. The number of nitrogens with zero attached hydrogens (tertiary/aromatic N) is 2. The summed E-state index contributed by atoms with van der Waals surface area (Å²) in [7, 11) is 1.27. The molecule has 10 heteroatoms. The molecule has 174 valence electrons. The number of benzene rings is 1. The number of nitrogens with one attached hydrogen (secondary N) is 1. The Labute approximate surface area is 192 Å². The summed E-state index contributed by atoms with van der Waals surface area (Å²) in [5.41, 5.74) is 0.958. The first kappa shape index (κ1) is 23.0. The van der Waals surface area contributed by atoms with E-state index in [0.717, 1.165) is 0 Å². The van der Waals surface area contributed by atoms with Gasteiger partial charge in [0.25, 0.3) is 5.91 Å². The number of amides is 1. The molecular weight excluding hydrogens is 455 g/mol. The zero-order valence-corrected chi connectivity index (χ0v) is 18.9. The van der Waals surface area contributed by atoms with Crippen LogP contribution >= 0.6 is 11.3 Å². The van der Waals surface area contributed by atoms with E-state index < -0.39 is 23.6 Å². The van der Waals surface area contributed by atoms with Crippen LogP contribution in [-0.4, -0.2) is 43.0 Å². The number of methoxy groups -OCH3 is 1. The standard InChI is InChI=1S/C23H22F3N3O3S/c1-13-17(12-19(33-13)22(31)32-2)28-21(30)16-10-14-4-5-15(24)11-18(14)27-20(16)29-8-3-6-23(25,26)7-9-29/h4-5,10-12H,3,6-9H2,1-2H3,(H,28,30). The lowest BCUT2D eigenvalue weighted by Gasteiger charge is -2.24. The Hall–Kier alpha value is -3.14. The van der Waals surface area contributed by atoms with Crippen molar-refractivity contribution in [3.63, 3.8) is 0 Å². The Morgan fingerprint density at radius 2 is 1.97 bits per heavy atom. The lowest BCUT2D eigenvalue weighted by atomic mass is 10.1. The maximum absolute atomic E-state index is 13.9. The predicted octanol–water partition coefficient (Wildman–Crippen LogP) is 5.41. The van der Waals surface area contributed by atoms with E-state index in [0.29, 0.717) is 32.9 Å². The van der Waals surface area contributed by atoms with Crippen molar-refractivity contribution in [2.75, 3.05) is 30.4 Å². The fourth-order valence-corrected chi connectivity index (χ4v) is 4.70. The third-order valence-electron chi connectivity index (χ3n) is 5.57. The Morgan fingerprint density at radius 3 is 2.73 bits per heavy atom. The molecule has 3 heterocycles. The number of rotatable bonds is 4. The van der Waals surface area contributed by atoms with Crippen LogP contribution in [0, 0.1) is 12.7 Å². The van der Waals surface area contributed by atoms with Crippen LogP contribution < -0.4 is 10.2 Å². The van der Waals surface area contributed by atoms with E-state index in [1.54, 1.807) is 17.9 Å². The minimum atomic E-state index is -2.78. The van der Waals surface area contributed by atoms with E-state index in [9.17, 15) is 22.8 Å². The minimum absolute atomic E-state index is 0.0189. The Kier molecular flexibility index (Phi) is 6.29.